The number of alkyl halides is 3. The standard InChI is InChI=1S/C10H20BrF2NO2/c1-15-6-2-7-16-8-5-14(4-3-11)9-10(12)13/h10H,2-9H2,1H3. The van der Waals surface area contributed by atoms with Crippen LogP contribution in [-0.2, 0) is 9.47 Å². The fourth-order valence-corrected chi connectivity index (χ4v) is 1.71. The highest BCUT2D eigenvalue weighted by Crippen LogP contribution is 1.99. The van der Waals surface area contributed by atoms with E-state index < -0.39 is 6.43 Å². The Labute approximate surface area is 104 Å². The molecular weight excluding hydrogens is 284 g/mol. The molecule has 0 saturated heterocycles. The average molecular weight is 304 g/mol. The molecule has 0 heterocycles. The molecule has 0 aliphatic heterocycles. The van der Waals surface area contributed by atoms with Gasteiger partial charge in [-0.2, -0.15) is 0 Å². The van der Waals surface area contributed by atoms with Gasteiger partial charge in [-0.15, -0.1) is 0 Å². The Morgan fingerprint density at radius 1 is 1.19 bits per heavy atom. The van der Waals surface area contributed by atoms with Crippen LogP contribution in [0.3, 0.4) is 0 Å². The molecule has 0 aromatic heterocycles. The normalized spacial score (nSPS) is 11.6. The van der Waals surface area contributed by atoms with Gasteiger partial charge in [0.25, 0.3) is 6.43 Å². The highest BCUT2D eigenvalue weighted by atomic mass is 79.9. The van der Waals surface area contributed by atoms with Crippen molar-refractivity contribution in [1.29, 1.82) is 0 Å². The zero-order chi connectivity index (χ0) is 12.2. The molecule has 0 saturated carbocycles. The summed E-state index contributed by atoms with van der Waals surface area (Å²) in [6, 6.07) is 0. The molecule has 0 aliphatic rings. The maximum absolute atomic E-state index is 12.2. The number of ether oxygens (including phenoxy) is 2. The van der Waals surface area contributed by atoms with E-state index in [-0.39, 0.29) is 6.54 Å². The quantitative estimate of drug-likeness (QED) is 0.430. The van der Waals surface area contributed by atoms with E-state index in [1.165, 1.54) is 0 Å². The van der Waals surface area contributed by atoms with Gasteiger partial charge in [-0.25, -0.2) is 8.78 Å². The number of halogens is 3. The summed E-state index contributed by atoms with van der Waals surface area (Å²) >= 11 is 3.24. The van der Waals surface area contributed by atoms with Gasteiger partial charge < -0.3 is 9.47 Å². The number of hydrogen-bond donors (Lipinski definition) is 0. The summed E-state index contributed by atoms with van der Waals surface area (Å²) in [4.78, 5) is 1.69. The number of methoxy groups -OCH3 is 1. The zero-order valence-electron chi connectivity index (χ0n) is 9.63. The molecule has 0 fully saturated rings. The lowest BCUT2D eigenvalue weighted by atomic mass is 10.4. The van der Waals surface area contributed by atoms with E-state index in [0.717, 1.165) is 6.42 Å². The van der Waals surface area contributed by atoms with Crippen LogP contribution < -0.4 is 0 Å². The van der Waals surface area contributed by atoms with Crippen LogP contribution in [0.5, 0.6) is 0 Å². The molecular formula is C10H20BrF2NO2. The Kier molecular flexibility index (Phi) is 11.9. The Balaban J connectivity index is 3.44. The van der Waals surface area contributed by atoms with Crippen molar-refractivity contribution in [3.8, 4) is 0 Å². The second kappa shape index (κ2) is 11.7. The van der Waals surface area contributed by atoms with E-state index in [0.29, 0.717) is 38.2 Å². The van der Waals surface area contributed by atoms with Crippen LogP contribution in [0.2, 0.25) is 0 Å². The second-order valence-corrected chi connectivity index (χ2v) is 4.13. The molecule has 0 N–H and O–H groups in total. The first kappa shape index (κ1) is 16.2. The smallest absolute Gasteiger partial charge is 0.251 e. The third kappa shape index (κ3) is 10.7. The number of hydrogen-bond acceptors (Lipinski definition) is 3. The summed E-state index contributed by atoms with van der Waals surface area (Å²) in [7, 11) is 1.64. The fraction of sp³-hybridized carbons (Fsp3) is 1.00. The first-order valence-corrected chi connectivity index (χ1v) is 6.46. The van der Waals surface area contributed by atoms with Gasteiger partial charge in [0, 0.05) is 38.7 Å². The van der Waals surface area contributed by atoms with Gasteiger partial charge in [0.1, 0.15) is 0 Å². The third-order valence-corrected chi connectivity index (χ3v) is 2.34. The summed E-state index contributed by atoms with van der Waals surface area (Å²) < 4.78 is 34.5. The largest absolute Gasteiger partial charge is 0.385 e. The van der Waals surface area contributed by atoms with Gasteiger partial charge >= 0.3 is 0 Å². The summed E-state index contributed by atoms with van der Waals surface area (Å²) in [5, 5.41) is 0.698. The van der Waals surface area contributed by atoms with Crippen molar-refractivity contribution < 1.29 is 18.3 Å². The van der Waals surface area contributed by atoms with Crippen LogP contribution in [0.25, 0.3) is 0 Å². The predicted octanol–water partition coefficient (Wildman–Crippen LogP) is 2.00. The van der Waals surface area contributed by atoms with Crippen LogP contribution in [0.1, 0.15) is 6.42 Å². The van der Waals surface area contributed by atoms with Crippen LogP contribution in [0, 0.1) is 0 Å². The molecule has 0 unspecified atom stereocenters. The topological polar surface area (TPSA) is 21.7 Å². The Bertz CT molecular complexity index is 153. The van der Waals surface area contributed by atoms with E-state index in [1.807, 2.05) is 0 Å². The second-order valence-electron chi connectivity index (χ2n) is 3.34. The van der Waals surface area contributed by atoms with Crippen LogP contribution in [0.15, 0.2) is 0 Å². The van der Waals surface area contributed by atoms with Gasteiger partial charge in [0.2, 0.25) is 0 Å². The van der Waals surface area contributed by atoms with Crippen molar-refractivity contribution in [3.63, 3.8) is 0 Å². The minimum absolute atomic E-state index is 0.187. The lowest BCUT2D eigenvalue weighted by Gasteiger charge is -2.20. The molecule has 98 valence electrons. The third-order valence-electron chi connectivity index (χ3n) is 1.99. The summed E-state index contributed by atoms with van der Waals surface area (Å²) in [6.07, 6.45) is -1.45. The maximum Gasteiger partial charge on any atom is 0.251 e. The van der Waals surface area contributed by atoms with Gasteiger partial charge in [-0.05, 0) is 6.42 Å². The zero-order valence-corrected chi connectivity index (χ0v) is 11.2. The van der Waals surface area contributed by atoms with Crippen molar-refractivity contribution >= 4 is 15.9 Å². The van der Waals surface area contributed by atoms with Gasteiger partial charge in [0.05, 0.1) is 13.2 Å². The molecule has 0 atom stereocenters. The van der Waals surface area contributed by atoms with E-state index in [4.69, 9.17) is 9.47 Å². The molecule has 0 radical (unpaired) electrons. The Morgan fingerprint density at radius 3 is 2.50 bits per heavy atom. The van der Waals surface area contributed by atoms with E-state index in [2.05, 4.69) is 15.9 Å². The summed E-state index contributed by atoms with van der Waals surface area (Å²) in [5.74, 6) is 0. The SMILES string of the molecule is COCCCOCCN(CCBr)CC(F)F. The minimum Gasteiger partial charge on any atom is -0.385 e. The summed E-state index contributed by atoms with van der Waals surface area (Å²) in [5.41, 5.74) is 0. The number of nitrogens with zero attached hydrogens (tertiary/aromatic N) is 1. The van der Waals surface area contributed by atoms with Crippen LogP contribution >= 0.6 is 15.9 Å². The lowest BCUT2D eigenvalue weighted by molar-refractivity contribution is 0.0560. The summed E-state index contributed by atoms with van der Waals surface area (Å²) in [6.45, 7) is 2.75. The van der Waals surface area contributed by atoms with Crippen LogP contribution in [0.4, 0.5) is 8.78 Å². The van der Waals surface area contributed by atoms with Crippen molar-refractivity contribution in [2.75, 3.05) is 51.9 Å². The molecule has 0 aromatic rings. The molecule has 0 spiro atoms. The molecule has 6 heteroatoms. The first-order valence-electron chi connectivity index (χ1n) is 5.33. The van der Waals surface area contributed by atoms with E-state index in [9.17, 15) is 8.78 Å². The monoisotopic (exact) mass is 303 g/mol. The molecule has 0 bridgehead atoms. The highest BCUT2D eigenvalue weighted by Gasteiger charge is 2.10. The molecule has 3 nitrogen and oxygen atoms in total. The predicted molar refractivity (Wildman–Crippen MR) is 63.6 cm³/mol. The molecule has 0 aliphatic carbocycles. The highest BCUT2D eigenvalue weighted by molar-refractivity contribution is 9.09. The van der Waals surface area contributed by atoms with Gasteiger partial charge in [-0.1, -0.05) is 15.9 Å². The molecule has 0 amide bonds. The first-order chi connectivity index (χ1) is 7.70. The van der Waals surface area contributed by atoms with Crippen molar-refractivity contribution in [3.05, 3.63) is 0 Å². The Hall–Kier alpha value is 0.220. The van der Waals surface area contributed by atoms with Gasteiger partial charge in [0.15, 0.2) is 0 Å². The van der Waals surface area contributed by atoms with Crippen molar-refractivity contribution in [2.45, 2.75) is 12.8 Å². The van der Waals surface area contributed by atoms with Gasteiger partial charge in [-0.3, -0.25) is 4.90 Å². The molecule has 0 rings (SSSR count). The fourth-order valence-electron chi connectivity index (χ4n) is 1.21. The molecule has 0 aromatic carbocycles. The average Bonchev–Trinajstić information content (AvgIpc) is 2.22. The van der Waals surface area contributed by atoms with Crippen molar-refractivity contribution in [1.82, 2.24) is 4.90 Å². The van der Waals surface area contributed by atoms with Crippen LogP contribution in [-0.4, -0.2) is 63.2 Å². The van der Waals surface area contributed by atoms with E-state index >= 15 is 0 Å². The van der Waals surface area contributed by atoms with Crippen molar-refractivity contribution in [2.24, 2.45) is 0 Å². The molecule has 16 heavy (non-hydrogen) atoms. The maximum atomic E-state index is 12.2. The number of rotatable bonds is 11. The minimum atomic E-state index is -2.28. The lowest BCUT2D eigenvalue weighted by Crippen LogP contribution is -2.33. The Morgan fingerprint density at radius 2 is 1.94 bits per heavy atom. The van der Waals surface area contributed by atoms with E-state index in [1.54, 1.807) is 12.0 Å².